The third-order valence-electron chi connectivity index (χ3n) is 1.73. The first-order valence-corrected chi connectivity index (χ1v) is 5.27. The fourth-order valence-electron chi connectivity index (χ4n) is 1.04. The minimum absolute atomic E-state index is 0.249. The number of hydrogen-bond acceptors (Lipinski definition) is 3. The molecule has 0 rings (SSSR count). The van der Waals surface area contributed by atoms with E-state index in [1.807, 2.05) is 0 Å². The van der Waals surface area contributed by atoms with E-state index < -0.39 is 5.97 Å². The molecule has 0 aromatic rings. The summed E-state index contributed by atoms with van der Waals surface area (Å²) in [6.45, 7) is 5.40. The van der Waals surface area contributed by atoms with Gasteiger partial charge in [-0.05, 0) is 32.4 Å². The van der Waals surface area contributed by atoms with E-state index in [1.165, 1.54) is 0 Å². The molecule has 0 fully saturated rings. The fourth-order valence-corrected chi connectivity index (χ4v) is 1.04. The quantitative estimate of drug-likeness (QED) is 0.525. The molecule has 0 amide bonds. The van der Waals surface area contributed by atoms with Crippen molar-refractivity contribution in [3.05, 3.63) is 0 Å². The number of nitrogens with one attached hydrogen (secondary N) is 1. The Hall–Kier alpha value is -0.610. The number of hydrogen-bond donors (Lipinski definition) is 2. The van der Waals surface area contributed by atoms with Gasteiger partial charge in [-0.3, -0.25) is 4.79 Å². The predicted molar refractivity (Wildman–Crippen MR) is 55.5 cm³/mol. The van der Waals surface area contributed by atoms with E-state index in [2.05, 4.69) is 12.2 Å². The van der Waals surface area contributed by atoms with Crippen LogP contribution in [0.15, 0.2) is 0 Å². The number of carboxylic acid groups (broad SMARTS) is 1. The molecular weight excluding hydrogens is 182 g/mol. The molecule has 0 spiro atoms. The summed E-state index contributed by atoms with van der Waals surface area (Å²) in [7, 11) is 0. The molecule has 0 heterocycles. The second-order valence-corrected chi connectivity index (χ2v) is 3.21. The van der Waals surface area contributed by atoms with Crippen LogP contribution in [-0.4, -0.2) is 37.4 Å². The SMILES string of the molecule is CCCOCCCNCCCC(=O)O. The van der Waals surface area contributed by atoms with Gasteiger partial charge in [0.2, 0.25) is 0 Å². The van der Waals surface area contributed by atoms with Crippen LogP contribution in [-0.2, 0) is 9.53 Å². The highest BCUT2D eigenvalue weighted by Gasteiger charge is 1.95. The second kappa shape index (κ2) is 10.5. The Morgan fingerprint density at radius 1 is 1.29 bits per heavy atom. The van der Waals surface area contributed by atoms with Gasteiger partial charge in [0, 0.05) is 19.6 Å². The Morgan fingerprint density at radius 3 is 2.64 bits per heavy atom. The van der Waals surface area contributed by atoms with Gasteiger partial charge < -0.3 is 15.2 Å². The smallest absolute Gasteiger partial charge is 0.303 e. The number of aliphatic carboxylic acids is 1. The van der Waals surface area contributed by atoms with Gasteiger partial charge >= 0.3 is 5.97 Å². The topological polar surface area (TPSA) is 58.6 Å². The molecule has 0 aliphatic carbocycles. The number of carbonyl (C=O) groups is 1. The first kappa shape index (κ1) is 13.4. The molecule has 0 saturated heterocycles. The molecule has 4 heteroatoms. The maximum Gasteiger partial charge on any atom is 0.303 e. The average molecular weight is 203 g/mol. The first-order chi connectivity index (χ1) is 6.77. The molecule has 0 saturated carbocycles. The summed E-state index contributed by atoms with van der Waals surface area (Å²) in [6, 6.07) is 0. The standard InChI is InChI=1S/C10H21NO3/c1-2-8-14-9-4-7-11-6-3-5-10(12)13/h11H,2-9H2,1H3,(H,12,13). The molecule has 84 valence electrons. The van der Waals surface area contributed by atoms with Crippen molar-refractivity contribution in [3.8, 4) is 0 Å². The minimum Gasteiger partial charge on any atom is -0.481 e. The average Bonchev–Trinajstić information content (AvgIpc) is 2.15. The minimum atomic E-state index is -0.724. The maximum atomic E-state index is 10.2. The van der Waals surface area contributed by atoms with Crippen molar-refractivity contribution >= 4 is 5.97 Å². The van der Waals surface area contributed by atoms with Crippen molar-refractivity contribution in [1.82, 2.24) is 5.32 Å². The van der Waals surface area contributed by atoms with E-state index in [1.54, 1.807) is 0 Å². The van der Waals surface area contributed by atoms with Gasteiger partial charge in [-0.2, -0.15) is 0 Å². The zero-order valence-corrected chi connectivity index (χ0v) is 8.92. The molecule has 0 radical (unpaired) electrons. The number of rotatable bonds is 10. The van der Waals surface area contributed by atoms with Crippen LogP contribution >= 0.6 is 0 Å². The van der Waals surface area contributed by atoms with Crippen molar-refractivity contribution in [2.75, 3.05) is 26.3 Å². The van der Waals surface area contributed by atoms with Crippen LogP contribution in [0.1, 0.15) is 32.6 Å². The summed E-state index contributed by atoms with van der Waals surface area (Å²) in [5.41, 5.74) is 0. The van der Waals surface area contributed by atoms with Crippen LogP contribution < -0.4 is 5.32 Å². The molecule has 0 unspecified atom stereocenters. The summed E-state index contributed by atoms with van der Waals surface area (Å²) in [5.74, 6) is -0.724. The lowest BCUT2D eigenvalue weighted by Gasteiger charge is -2.04. The van der Waals surface area contributed by atoms with E-state index in [-0.39, 0.29) is 6.42 Å². The second-order valence-electron chi connectivity index (χ2n) is 3.21. The first-order valence-electron chi connectivity index (χ1n) is 5.27. The molecule has 4 nitrogen and oxygen atoms in total. The summed E-state index contributed by atoms with van der Waals surface area (Å²) in [4.78, 5) is 10.2. The lowest BCUT2D eigenvalue weighted by molar-refractivity contribution is -0.137. The van der Waals surface area contributed by atoms with Gasteiger partial charge in [0.25, 0.3) is 0 Å². The van der Waals surface area contributed by atoms with E-state index in [9.17, 15) is 4.79 Å². The van der Waals surface area contributed by atoms with Crippen LogP contribution in [0.5, 0.6) is 0 Å². The van der Waals surface area contributed by atoms with E-state index in [0.717, 1.165) is 39.1 Å². The van der Waals surface area contributed by atoms with Crippen LogP contribution in [0.2, 0.25) is 0 Å². The molecule has 0 aliphatic heterocycles. The Bertz CT molecular complexity index is 139. The van der Waals surface area contributed by atoms with E-state index >= 15 is 0 Å². The van der Waals surface area contributed by atoms with Crippen LogP contribution in [0, 0.1) is 0 Å². The summed E-state index contributed by atoms with van der Waals surface area (Å²) >= 11 is 0. The van der Waals surface area contributed by atoms with Gasteiger partial charge in [-0.15, -0.1) is 0 Å². The Labute approximate surface area is 85.6 Å². The van der Waals surface area contributed by atoms with Gasteiger partial charge in [0.05, 0.1) is 0 Å². The highest BCUT2D eigenvalue weighted by Crippen LogP contribution is 1.87. The highest BCUT2D eigenvalue weighted by molar-refractivity contribution is 5.66. The number of carboxylic acids is 1. The number of ether oxygens (including phenoxy) is 1. The Morgan fingerprint density at radius 2 is 2.00 bits per heavy atom. The van der Waals surface area contributed by atoms with Crippen molar-refractivity contribution in [1.29, 1.82) is 0 Å². The van der Waals surface area contributed by atoms with Crippen molar-refractivity contribution < 1.29 is 14.6 Å². The van der Waals surface area contributed by atoms with E-state index in [4.69, 9.17) is 9.84 Å². The lowest BCUT2D eigenvalue weighted by atomic mass is 10.3. The molecule has 0 aliphatic rings. The monoisotopic (exact) mass is 203 g/mol. The molecule has 0 atom stereocenters. The summed E-state index contributed by atoms with van der Waals surface area (Å²) in [5, 5.41) is 11.5. The van der Waals surface area contributed by atoms with Crippen molar-refractivity contribution in [3.63, 3.8) is 0 Å². The Kier molecular flexibility index (Phi) is 10.0. The third kappa shape index (κ3) is 11.4. The van der Waals surface area contributed by atoms with Gasteiger partial charge in [0.1, 0.15) is 0 Å². The molecule has 2 N–H and O–H groups in total. The maximum absolute atomic E-state index is 10.2. The normalized spacial score (nSPS) is 10.4. The van der Waals surface area contributed by atoms with E-state index in [0.29, 0.717) is 6.42 Å². The molecule has 0 aromatic carbocycles. The van der Waals surface area contributed by atoms with Crippen LogP contribution in [0.4, 0.5) is 0 Å². The van der Waals surface area contributed by atoms with Gasteiger partial charge in [-0.25, -0.2) is 0 Å². The largest absolute Gasteiger partial charge is 0.481 e. The molecule has 0 aromatic heterocycles. The van der Waals surface area contributed by atoms with Crippen molar-refractivity contribution in [2.45, 2.75) is 32.6 Å². The summed E-state index contributed by atoms with van der Waals surface area (Å²) in [6.07, 6.45) is 3.00. The van der Waals surface area contributed by atoms with Crippen LogP contribution in [0.25, 0.3) is 0 Å². The lowest BCUT2D eigenvalue weighted by Crippen LogP contribution is -2.18. The van der Waals surface area contributed by atoms with Crippen LogP contribution in [0.3, 0.4) is 0 Å². The molecular formula is C10H21NO3. The molecule has 0 bridgehead atoms. The fraction of sp³-hybridized carbons (Fsp3) is 0.900. The van der Waals surface area contributed by atoms with Gasteiger partial charge in [-0.1, -0.05) is 6.92 Å². The zero-order valence-electron chi connectivity index (χ0n) is 8.92. The van der Waals surface area contributed by atoms with Gasteiger partial charge in [0.15, 0.2) is 0 Å². The Balaban J connectivity index is 2.88. The predicted octanol–water partition coefficient (Wildman–Crippen LogP) is 1.26. The molecule has 14 heavy (non-hydrogen) atoms. The highest BCUT2D eigenvalue weighted by atomic mass is 16.5. The zero-order chi connectivity index (χ0) is 10.6. The summed E-state index contributed by atoms with van der Waals surface area (Å²) < 4.78 is 5.29. The third-order valence-corrected chi connectivity index (χ3v) is 1.73. The van der Waals surface area contributed by atoms with Crippen molar-refractivity contribution in [2.24, 2.45) is 0 Å².